The van der Waals surface area contributed by atoms with Gasteiger partial charge in [-0.3, -0.25) is 43.3 Å². The van der Waals surface area contributed by atoms with Gasteiger partial charge in [-0.2, -0.15) is 0 Å². The maximum Gasteiger partial charge on any atom is 0.408 e. The third kappa shape index (κ3) is 24.8. The van der Waals surface area contributed by atoms with Crippen molar-refractivity contribution in [2.24, 2.45) is 47.2 Å². The van der Waals surface area contributed by atoms with Gasteiger partial charge in [0.05, 0.1) is 23.5 Å². The zero-order valence-corrected chi connectivity index (χ0v) is 56.8. The number of carbonyl (C=O) groups excluding carboxylic acids is 10. The van der Waals surface area contributed by atoms with Gasteiger partial charge in [-0.25, -0.2) is 14.6 Å². The molecular weight excluding hydrogens is 1200 g/mol. The van der Waals surface area contributed by atoms with Gasteiger partial charge < -0.3 is 57.2 Å². The molecule has 3 aromatic rings. The molecule has 1 fully saturated rings. The van der Waals surface area contributed by atoms with Crippen molar-refractivity contribution in [3.63, 3.8) is 0 Å². The van der Waals surface area contributed by atoms with Crippen LogP contribution in [0.15, 0.2) is 60.0 Å². The van der Waals surface area contributed by atoms with Crippen LogP contribution in [0.5, 0.6) is 0 Å². The van der Waals surface area contributed by atoms with E-state index < -0.39 is 95.0 Å². The fourth-order valence-electron chi connectivity index (χ4n) is 11.7. The first-order chi connectivity index (χ1) is 43.4. The highest BCUT2D eigenvalue weighted by atomic mass is 32.1. The van der Waals surface area contributed by atoms with Gasteiger partial charge >= 0.3 is 18.1 Å². The number of ether oxygens (including phenoxy) is 1. The summed E-state index contributed by atoms with van der Waals surface area (Å²) in [5, 5.41) is 28.6. The van der Waals surface area contributed by atoms with Gasteiger partial charge in [-0.1, -0.05) is 104 Å². The first-order valence-corrected chi connectivity index (χ1v) is 33.3. The number of unbranched alkanes of at least 4 members (excludes halogenated alkanes) is 1. The lowest BCUT2D eigenvalue weighted by Gasteiger charge is -2.38. The number of benzene rings is 2. The number of urea groups is 1. The van der Waals surface area contributed by atoms with Crippen LogP contribution >= 0.6 is 11.3 Å². The smallest absolute Gasteiger partial charge is 0.408 e. The molecule has 1 aliphatic heterocycles. The van der Waals surface area contributed by atoms with E-state index in [0.29, 0.717) is 67.7 Å². The minimum atomic E-state index is -0.999. The average molecular weight is 1300 g/mol. The molecule has 4 rings (SSSR count). The summed E-state index contributed by atoms with van der Waals surface area (Å²) < 4.78 is 5.81. The molecule has 9 N–H and O–H groups in total. The Labute approximate surface area is 547 Å². The van der Waals surface area contributed by atoms with Crippen molar-refractivity contribution < 1.29 is 62.6 Å². The molecule has 0 spiro atoms. The molecule has 8 amide bonds. The third-order valence-corrected chi connectivity index (χ3v) is 18.8. The molecule has 92 heavy (non-hydrogen) atoms. The molecule has 1 aromatic heterocycles. The molecule has 0 bridgehead atoms. The summed E-state index contributed by atoms with van der Waals surface area (Å²) in [6.07, 6.45) is 3.83. The van der Waals surface area contributed by atoms with E-state index in [2.05, 4.69) is 36.8 Å². The second-order valence-corrected chi connectivity index (χ2v) is 26.8. The van der Waals surface area contributed by atoms with E-state index in [1.54, 1.807) is 62.4 Å². The summed E-state index contributed by atoms with van der Waals surface area (Å²) in [6.45, 7) is 18.9. The molecule has 10 atom stereocenters. The van der Waals surface area contributed by atoms with Crippen molar-refractivity contribution in [2.75, 3.05) is 39.0 Å². The Balaban J connectivity index is 1.56. The molecule has 1 unspecified atom stereocenters. The van der Waals surface area contributed by atoms with Crippen LogP contribution in [0.2, 0.25) is 0 Å². The second kappa shape index (κ2) is 37.8. The molecule has 508 valence electrons. The van der Waals surface area contributed by atoms with Gasteiger partial charge in [0.2, 0.25) is 23.6 Å². The van der Waals surface area contributed by atoms with Crippen LogP contribution in [0.1, 0.15) is 185 Å². The molecule has 0 aliphatic carbocycles. The number of amides is 8. The Morgan fingerprint density at radius 3 is 2.02 bits per heavy atom. The van der Waals surface area contributed by atoms with E-state index in [0.717, 1.165) is 29.9 Å². The topological polar surface area (TPSA) is 335 Å². The number of nitrogens with zero attached hydrogens (tertiary/aromatic N) is 3. The molecule has 24 heteroatoms. The van der Waals surface area contributed by atoms with Gasteiger partial charge in [-0.05, 0) is 126 Å². The average Bonchev–Trinajstić information content (AvgIpc) is 1.57. The lowest BCUT2D eigenvalue weighted by Crippen LogP contribution is -2.50. The number of nitrogens with two attached hydrogens (primary N) is 1. The van der Waals surface area contributed by atoms with Crippen molar-refractivity contribution in [3.05, 3.63) is 81.8 Å². The van der Waals surface area contributed by atoms with E-state index in [9.17, 15) is 57.8 Å². The zero-order chi connectivity index (χ0) is 68.4. The number of carboxylic acids is 1. The van der Waals surface area contributed by atoms with E-state index in [4.69, 9.17) is 15.5 Å². The van der Waals surface area contributed by atoms with Crippen LogP contribution in [0.3, 0.4) is 0 Å². The number of likely N-dealkylation sites (N-methyl/N-ethyl adjacent to an activating group) is 1. The van der Waals surface area contributed by atoms with E-state index in [-0.39, 0.29) is 98.5 Å². The number of anilines is 1. The van der Waals surface area contributed by atoms with Crippen LogP contribution in [0.4, 0.5) is 15.3 Å². The summed E-state index contributed by atoms with van der Waals surface area (Å²) in [7, 11) is 3.66. The fourth-order valence-corrected chi connectivity index (χ4v) is 12.6. The summed E-state index contributed by atoms with van der Waals surface area (Å²) in [4.78, 5) is 154. The van der Waals surface area contributed by atoms with Gasteiger partial charge in [0, 0.05) is 87.2 Å². The van der Waals surface area contributed by atoms with Gasteiger partial charge in [0.1, 0.15) is 23.1 Å². The zero-order valence-electron chi connectivity index (χ0n) is 56.0. The molecule has 0 saturated carbocycles. The predicted molar refractivity (Wildman–Crippen MR) is 353 cm³/mol. The van der Waals surface area contributed by atoms with Gasteiger partial charge in [0.25, 0.3) is 5.91 Å². The number of alkyl carbamates (subject to hydrolysis) is 1. The summed E-state index contributed by atoms with van der Waals surface area (Å²) in [5.41, 5.74) is 6.46. The van der Waals surface area contributed by atoms with Gasteiger partial charge in [0.15, 0.2) is 11.6 Å². The molecular formula is C68H102N10O13S. The quantitative estimate of drug-likeness (QED) is 0.0247. The molecule has 2 aromatic carbocycles. The number of hydrogen-bond acceptors (Lipinski definition) is 15. The lowest BCUT2D eigenvalue weighted by atomic mass is 9.80. The first-order valence-electron chi connectivity index (χ1n) is 32.4. The number of hydrogen-bond donors (Lipinski definition) is 8. The highest BCUT2D eigenvalue weighted by Gasteiger charge is 2.44. The number of ketones is 3. The maximum absolute atomic E-state index is 14.8. The van der Waals surface area contributed by atoms with Crippen LogP contribution in [-0.4, -0.2) is 142 Å². The first kappa shape index (κ1) is 76.9. The fraction of sp³-hybridized carbons (Fsp3) is 0.618. The van der Waals surface area contributed by atoms with Crippen molar-refractivity contribution in [1.29, 1.82) is 0 Å². The lowest BCUT2D eigenvalue weighted by molar-refractivity contribution is -0.143. The third-order valence-electron chi connectivity index (χ3n) is 17.8. The number of primary amides is 1. The number of rotatable bonds is 40. The van der Waals surface area contributed by atoms with Crippen molar-refractivity contribution in [3.8, 4) is 0 Å². The van der Waals surface area contributed by atoms with Crippen molar-refractivity contribution >= 4 is 82.0 Å². The van der Waals surface area contributed by atoms with Crippen LogP contribution in [0.25, 0.3) is 0 Å². The summed E-state index contributed by atoms with van der Waals surface area (Å²) in [5.74, 6) is -7.09. The van der Waals surface area contributed by atoms with E-state index >= 15 is 0 Å². The maximum atomic E-state index is 14.8. The largest absolute Gasteiger partial charge is 0.481 e. The number of carboxylic acid groups (broad SMARTS) is 1. The highest BCUT2D eigenvalue weighted by Crippen LogP contribution is 2.35. The Hall–Kier alpha value is -7.60. The number of likely N-dealkylation sites (tertiary alicyclic amines) is 1. The van der Waals surface area contributed by atoms with Crippen molar-refractivity contribution in [1.82, 2.24) is 41.4 Å². The standard InChI is InChI=1S/C68H102N10O13S/c1-13-43(6)53(37-58(82)68(10)29-20-32-77(68)11)64(86)78(12)56(41(2)3)38-54(63-74-55(40-92-63)62(85)73-52(33-44(7)65(87)88)35-47-21-15-14-16-22-47)75-67(90)91-39-48-25-27-51(28-26-48)72-60(83)50(24-19-31-71-66(69)89)36-57(81)59(42(4)5)76-61(84)49(34-45(8)79)23-17-18-30-70-46(9)80/h14-16,21-22,25-28,40-44,49-50,52-54,56,59H,13,17-20,23-24,29-39H2,1-12H3,(H,70,80)(H,72,83)(H,73,85)(H,75,90)(H,76,84)(H,87,88)(H3,69,71,89)/t43-,44-,49?,50+,52+,53-,54+,56+,59-,68+/m0/s1. The van der Waals surface area contributed by atoms with E-state index in [1.165, 1.54) is 13.8 Å². The highest BCUT2D eigenvalue weighted by molar-refractivity contribution is 7.10. The molecule has 2 heterocycles. The molecule has 1 aliphatic rings. The minimum absolute atomic E-state index is 0.0211. The normalized spacial score (nSPS) is 16.9. The summed E-state index contributed by atoms with van der Waals surface area (Å²) in [6, 6.07) is 12.2. The van der Waals surface area contributed by atoms with Gasteiger partial charge in [-0.15, -0.1) is 11.3 Å². The Bertz CT molecular complexity index is 2960. The molecule has 0 radical (unpaired) electrons. The van der Waals surface area contributed by atoms with Crippen LogP contribution < -0.4 is 37.6 Å². The minimum Gasteiger partial charge on any atom is -0.481 e. The Morgan fingerprint density at radius 1 is 0.783 bits per heavy atom. The molecule has 1 saturated heterocycles. The predicted octanol–water partition coefficient (Wildman–Crippen LogP) is 8.55. The van der Waals surface area contributed by atoms with Crippen molar-refractivity contribution in [2.45, 2.75) is 195 Å². The van der Waals surface area contributed by atoms with Crippen LogP contribution in [-0.2, 0) is 56.1 Å². The van der Waals surface area contributed by atoms with Crippen LogP contribution in [0, 0.1) is 41.4 Å². The Morgan fingerprint density at radius 2 is 1.43 bits per heavy atom. The number of thiazole rings is 1. The summed E-state index contributed by atoms with van der Waals surface area (Å²) >= 11 is 1.13. The molecule has 23 nitrogen and oxygen atoms in total. The number of carbonyl (C=O) groups is 11. The monoisotopic (exact) mass is 1300 g/mol. The number of nitrogens with one attached hydrogen (secondary N) is 6. The van der Waals surface area contributed by atoms with E-state index in [1.807, 2.05) is 72.0 Å². The number of Topliss-reactive ketones (excluding diaryl/α,β-unsaturated/α-hetero) is 3. The number of aromatic nitrogens is 1. The SMILES string of the molecule is CC[C@H](C)[C@H](CC(=O)[C@@]1(C)CCCN1C)C(=O)N(C)[C@H](C[C@@H](NC(=O)OCc1ccc(NC(=O)[C@H](CCCNC(N)=O)CC(=O)[C@@H](NC(=O)C(CCCCNC(C)=O)CC(C)=O)C(C)C)cc1)c1nc(C(=O)N[C@@H](Cc2ccccc2)C[C@H](C)C(=O)O)cs1)C(C)C. The Kier molecular flexibility index (Phi) is 31.6. The number of aliphatic carboxylic acids is 1. The second-order valence-electron chi connectivity index (χ2n) is 25.9.